The van der Waals surface area contributed by atoms with Crippen molar-refractivity contribution in [3.8, 4) is 5.75 Å². The largest absolute Gasteiger partial charge is 0.495 e. The van der Waals surface area contributed by atoms with Crippen LogP contribution in [-0.4, -0.2) is 48.4 Å². The van der Waals surface area contributed by atoms with Crippen molar-refractivity contribution in [3.05, 3.63) is 45.3 Å². The van der Waals surface area contributed by atoms with Gasteiger partial charge >= 0.3 is 0 Å². The van der Waals surface area contributed by atoms with Crippen LogP contribution in [0.1, 0.15) is 24.3 Å². The van der Waals surface area contributed by atoms with E-state index < -0.39 is 15.9 Å². The molecule has 0 saturated heterocycles. The molecule has 1 aromatic carbocycles. The standard InChI is InChI=1S/C21H26N4O5S2/c1-6-25(7-2)32(28,29)15-8-9-17(30-5)16(10-15)23-18(26)11-24-12-22-20-19(21(24)27)13(3)14(4)31-20/h8-10,12H,6-7,11H2,1-5H3,(H,23,26). The number of aryl methyl sites for hydroxylation is 2. The van der Waals surface area contributed by atoms with Crippen molar-refractivity contribution in [1.82, 2.24) is 13.9 Å². The van der Waals surface area contributed by atoms with Gasteiger partial charge in [0.15, 0.2) is 0 Å². The maximum Gasteiger partial charge on any atom is 0.262 e. The van der Waals surface area contributed by atoms with Crippen molar-refractivity contribution in [1.29, 1.82) is 0 Å². The molecule has 172 valence electrons. The van der Waals surface area contributed by atoms with Gasteiger partial charge in [0.2, 0.25) is 15.9 Å². The highest BCUT2D eigenvalue weighted by Gasteiger charge is 2.23. The van der Waals surface area contributed by atoms with Gasteiger partial charge in [-0.1, -0.05) is 13.8 Å². The minimum Gasteiger partial charge on any atom is -0.495 e. The Labute approximate surface area is 190 Å². The van der Waals surface area contributed by atoms with E-state index in [4.69, 9.17) is 4.74 Å². The number of aromatic nitrogens is 2. The highest BCUT2D eigenvalue weighted by atomic mass is 32.2. The summed E-state index contributed by atoms with van der Waals surface area (Å²) in [6.45, 7) is 7.67. The number of nitrogens with one attached hydrogen (secondary N) is 1. The Morgan fingerprint density at radius 3 is 2.56 bits per heavy atom. The first-order valence-corrected chi connectivity index (χ1v) is 12.3. The molecule has 0 saturated carbocycles. The summed E-state index contributed by atoms with van der Waals surface area (Å²) in [7, 11) is -2.29. The summed E-state index contributed by atoms with van der Waals surface area (Å²) in [5, 5.41) is 3.17. The van der Waals surface area contributed by atoms with Crippen LogP contribution in [0.4, 0.5) is 5.69 Å². The van der Waals surface area contributed by atoms with Crippen molar-refractivity contribution in [2.45, 2.75) is 39.1 Å². The number of sulfonamides is 1. The van der Waals surface area contributed by atoms with Crippen LogP contribution in [0.3, 0.4) is 0 Å². The lowest BCUT2D eigenvalue weighted by atomic mass is 10.2. The van der Waals surface area contributed by atoms with Crippen LogP contribution < -0.4 is 15.6 Å². The average Bonchev–Trinajstić information content (AvgIpc) is 3.05. The van der Waals surface area contributed by atoms with Gasteiger partial charge in [-0.05, 0) is 37.6 Å². The number of anilines is 1. The van der Waals surface area contributed by atoms with E-state index in [2.05, 4.69) is 10.3 Å². The molecule has 0 aliphatic heterocycles. The zero-order chi connectivity index (χ0) is 23.6. The molecule has 0 unspecified atom stereocenters. The van der Waals surface area contributed by atoms with E-state index in [0.29, 0.717) is 29.1 Å². The summed E-state index contributed by atoms with van der Waals surface area (Å²) >= 11 is 1.44. The highest BCUT2D eigenvalue weighted by molar-refractivity contribution is 7.89. The third-order valence-corrected chi connectivity index (χ3v) is 8.42. The number of hydrogen-bond donors (Lipinski definition) is 1. The molecule has 2 heterocycles. The molecule has 32 heavy (non-hydrogen) atoms. The van der Waals surface area contributed by atoms with Gasteiger partial charge in [-0.3, -0.25) is 14.2 Å². The molecule has 3 aromatic rings. The van der Waals surface area contributed by atoms with Gasteiger partial charge in [-0.25, -0.2) is 13.4 Å². The number of rotatable bonds is 8. The molecule has 0 radical (unpaired) electrons. The number of amides is 1. The van der Waals surface area contributed by atoms with Crippen LogP contribution in [0.5, 0.6) is 5.75 Å². The van der Waals surface area contributed by atoms with E-state index >= 15 is 0 Å². The zero-order valence-corrected chi connectivity index (χ0v) is 20.3. The molecule has 1 amide bonds. The van der Waals surface area contributed by atoms with Crippen LogP contribution >= 0.6 is 11.3 Å². The molecule has 0 spiro atoms. The van der Waals surface area contributed by atoms with Crippen LogP contribution in [-0.2, 0) is 21.4 Å². The Bertz CT molecular complexity index is 1320. The Kier molecular flexibility index (Phi) is 7.01. The zero-order valence-electron chi connectivity index (χ0n) is 18.6. The number of benzene rings is 1. The normalized spacial score (nSPS) is 11.8. The Morgan fingerprint density at radius 1 is 1.25 bits per heavy atom. The fourth-order valence-electron chi connectivity index (χ4n) is 3.38. The molecule has 0 atom stereocenters. The molecule has 0 aliphatic carbocycles. The number of hydrogen-bond acceptors (Lipinski definition) is 7. The van der Waals surface area contributed by atoms with E-state index in [9.17, 15) is 18.0 Å². The van der Waals surface area contributed by atoms with Crippen LogP contribution in [0.15, 0.2) is 34.2 Å². The lowest BCUT2D eigenvalue weighted by molar-refractivity contribution is -0.116. The number of ether oxygens (including phenoxy) is 1. The van der Waals surface area contributed by atoms with E-state index in [-0.39, 0.29) is 22.7 Å². The van der Waals surface area contributed by atoms with Crippen LogP contribution in [0.2, 0.25) is 0 Å². The smallest absolute Gasteiger partial charge is 0.262 e. The Hall–Kier alpha value is -2.76. The molecular formula is C21H26N4O5S2. The summed E-state index contributed by atoms with van der Waals surface area (Å²) in [6, 6.07) is 4.29. The number of methoxy groups -OCH3 is 1. The molecule has 9 nitrogen and oxygen atoms in total. The molecule has 0 fully saturated rings. The second kappa shape index (κ2) is 9.39. The van der Waals surface area contributed by atoms with Gasteiger partial charge in [0.05, 0.1) is 29.4 Å². The van der Waals surface area contributed by atoms with Crippen LogP contribution in [0.25, 0.3) is 10.2 Å². The Balaban J connectivity index is 1.91. The molecule has 11 heteroatoms. The minimum atomic E-state index is -3.71. The first-order chi connectivity index (χ1) is 15.1. The maximum atomic E-state index is 12.8. The summed E-state index contributed by atoms with van der Waals surface area (Å²) < 4.78 is 33.5. The fraction of sp³-hybridized carbons (Fsp3) is 0.381. The van der Waals surface area contributed by atoms with Gasteiger partial charge in [-0.15, -0.1) is 11.3 Å². The quantitative estimate of drug-likeness (QED) is 0.533. The first-order valence-electron chi connectivity index (χ1n) is 10.1. The minimum absolute atomic E-state index is 0.0435. The first kappa shape index (κ1) is 23.9. The number of thiophene rings is 1. The van der Waals surface area contributed by atoms with Gasteiger partial charge in [0, 0.05) is 18.0 Å². The SMILES string of the molecule is CCN(CC)S(=O)(=O)c1ccc(OC)c(NC(=O)Cn2cnc3sc(C)c(C)c3c2=O)c1. The van der Waals surface area contributed by atoms with E-state index in [1.807, 2.05) is 13.8 Å². The molecule has 0 bridgehead atoms. The Morgan fingerprint density at radius 2 is 1.94 bits per heavy atom. The topological polar surface area (TPSA) is 111 Å². The van der Waals surface area contributed by atoms with Gasteiger partial charge in [0.1, 0.15) is 17.1 Å². The van der Waals surface area contributed by atoms with Crippen molar-refractivity contribution < 1.29 is 17.9 Å². The number of fused-ring (bicyclic) bond motifs is 1. The lowest BCUT2D eigenvalue weighted by Crippen LogP contribution is -2.31. The maximum absolute atomic E-state index is 12.8. The fourth-order valence-corrected chi connectivity index (χ4v) is 5.86. The monoisotopic (exact) mass is 478 g/mol. The van der Waals surface area contributed by atoms with Crippen molar-refractivity contribution in [2.24, 2.45) is 0 Å². The summed E-state index contributed by atoms with van der Waals surface area (Å²) in [6.07, 6.45) is 1.35. The van der Waals surface area contributed by atoms with Crippen LogP contribution in [0, 0.1) is 13.8 Å². The number of carbonyl (C=O) groups is 1. The number of carbonyl (C=O) groups excluding carboxylic acids is 1. The van der Waals surface area contributed by atoms with Gasteiger partial charge in [-0.2, -0.15) is 4.31 Å². The molecular weight excluding hydrogens is 452 g/mol. The summed E-state index contributed by atoms with van der Waals surface area (Å²) in [5.74, 6) is -0.199. The molecule has 1 N–H and O–H groups in total. The van der Waals surface area contributed by atoms with E-state index in [1.165, 1.54) is 51.8 Å². The van der Waals surface area contributed by atoms with Crippen molar-refractivity contribution in [3.63, 3.8) is 0 Å². The van der Waals surface area contributed by atoms with Crippen molar-refractivity contribution in [2.75, 3.05) is 25.5 Å². The second-order valence-electron chi connectivity index (χ2n) is 7.14. The molecule has 2 aromatic heterocycles. The van der Waals surface area contributed by atoms with Gasteiger partial charge < -0.3 is 10.1 Å². The second-order valence-corrected chi connectivity index (χ2v) is 10.3. The average molecular weight is 479 g/mol. The predicted octanol–water partition coefficient (Wildman–Crippen LogP) is 2.75. The van der Waals surface area contributed by atoms with E-state index in [0.717, 1.165) is 10.4 Å². The molecule has 3 rings (SSSR count). The highest BCUT2D eigenvalue weighted by Crippen LogP contribution is 2.29. The molecule has 0 aliphatic rings. The van der Waals surface area contributed by atoms with Gasteiger partial charge in [0.25, 0.3) is 5.56 Å². The van der Waals surface area contributed by atoms with Crippen molar-refractivity contribution >= 4 is 43.2 Å². The third-order valence-electron chi connectivity index (χ3n) is 5.26. The summed E-state index contributed by atoms with van der Waals surface area (Å²) in [4.78, 5) is 31.5. The predicted molar refractivity (Wildman–Crippen MR) is 125 cm³/mol. The lowest BCUT2D eigenvalue weighted by Gasteiger charge is -2.19. The third kappa shape index (κ3) is 4.41. The van der Waals surface area contributed by atoms with E-state index in [1.54, 1.807) is 13.8 Å². The summed E-state index contributed by atoms with van der Waals surface area (Å²) in [5.41, 5.74) is 0.764. The number of nitrogens with zero attached hydrogens (tertiary/aromatic N) is 3.